The van der Waals surface area contributed by atoms with E-state index in [1.807, 2.05) is 6.92 Å². The van der Waals surface area contributed by atoms with Crippen LogP contribution >= 0.6 is 17.2 Å². The smallest absolute Gasteiger partial charge is 0.334 e. The molecule has 0 saturated heterocycles. The zero-order valence-corrected chi connectivity index (χ0v) is 48.1. The van der Waals surface area contributed by atoms with Crippen LogP contribution in [0.2, 0.25) is 0 Å². The Hall–Kier alpha value is 0.540. The predicted molar refractivity (Wildman–Crippen MR) is 298 cm³/mol. The fraction of sp³-hybridized carbons (Fsp3) is 1.00. The summed E-state index contributed by atoms with van der Waals surface area (Å²) >= 11 is 0. The molecule has 0 aliphatic heterocycles. The molecule has 0 aromatic rings. The molecule has 8 nitrogen and oxygen atoms in total. The van der Waals surface area contributed by atoms with E-state index in [-0.39, 0.29) is 18.1 Å². The van der Waals surface area contributed by atoms with Gasteiger partial charge in [-0.2, -0.15) is 0 Å². The van der Waals surface area contributed by atoms with Gasteiger partial charge in [0, 0.05) is 5.41 Å². The molecule has 0 aliphatic carbocycles. The normalized spacial score (nSPS) is 13.4. The van der Waals surface area contributed by atoms with Gasteiger partial charge in [0.25, 0.3) is 0 Å². The van der Waals surface area contributed by atoms with Gasteiger partial charge in [0.1, 0.15) is 0 Å². The largest absolute Gasteiger partial charge is 0.394 e. The summed E-state index contributed by atoms with van der Waals surface area (Å²) < 4.78 is 10.0. The van der Waals surface area contributed by atoms with Crippen LogP contribution in [0.5, 0.6) is 0 Å². The van der Waals surface area contributed by atoms with Crippen molar-refractivity contribution >= 4 is 17.2 Å². The standard InChI is InChI=1S/C58H118O3.H4O5P2/c1-6-10-14-18-22-26-30-34-38-42-46-50-57(51-47-43-39-35-31-27-23-19-15-11-7-2,52-48-44-40-36-32-28-24-20-16-12-8-3)58(60,55-61-56(5)54-59)53-49-45-41-37-33-29-25-21-17-13-9-4;1-6(2)5-7(3)4/h56,59-60H,6-55H2,1-5H3;1-4H. The molecule has 0 aromatic carbocycles. The molecule has 68 heavy (non-hydrogen) atoms. The highest BCUT2D eigenvalue weighted by Crippen LogP contribution is 2.49. The highest BCUT2D eigenvalue weighted by atomic mass is 31.2. The van der Waals surface area contributed by atoms with Gasteiger partial charge in [0.2, 0.25) is 0 Å². The molecule has 10 heteroatoms. The van der Waals surface area contributed by atoms with Crippen LogP contribution < -0.4 is 0 Å². The molecule has 0 aliphatic rings. The lowest BCUT2D eigenvalue weighted by Crippen LogP contribution is -2.52. The fourth-order valence-electron chi connectivity index (χ4n) is 10.4. The maximum Gasteiger partial charge on any atom is 0.334 e. The zero-order chi connectivity index (χ0) is 50.5. The summed E-state index contributed by atoms with van der Waals surface area (Å²) in [6, 6.07) is 0. The van der Waals surface area contributed by atoms with Crippen molar-refractivity contribution in [2.45, 2.75) is 355 Å². The molecule has 0 saturated carbocycles. The average Bonchev–Trinajstić information content (AvgIpc) is 3.32. The number of aliphatic hydroxyl groups is 2. The van der Waals surface area contributed by atoms with E-state index in [9.17, 15) is 10.2 Å². The van der Waals surface area contributed by atoms with E-state index in [0.717, 1.165) is 32.1 Å². The number of hydrogen-bond acceptors (Lipinski definition) is 8. The quantitative estimate of drug-likeness (QED) is 0.0262. The molecule has 2 atom stereocenters. The maximum atomic E-state index is 13.3. The van der Waals surface area contributed by atoms with Crippen molar-refractivity contribution in [3.63, 3.8) is 0 Å². The lowest BCUT2D eigenvalue weighted by atomic mass is 9.61. The molecule has 412 valence electrons. The fourth-order valence-corrected chi connectivity index (χ4v) is 10.9. The van der Waals surface area contributed by atoms with E-state index >= 15 is 0 Å². The summed E-state index contributed by atoms with van der Waals surface area (Å²) in [5.74, 6) is 0. The van der Waals surface area contributed by atoms with Gasteiger partial charge in [-0.1, -0.05) is 310 Å². The second-order valence-corrected chi connectivity index (χ2v) is 23.0. The second-order valence-electron chi connectivity index (χ2n) is 21.3. The number of ether oxygens (including phenoxy) is 1. The maximum absolute atomic E-state index is 13.3. The van der Waals surface area contributed by atoms with Crippen LogP contribution in [0, 0.1) is 5.41 Å². The second kappa shape index (κ2) is 55.3. The third-order valence-electron chi connectivity index (χ3n) is 15.0. The topological polar surface area (TPSA) is 140 Å². The molecular formula is C58H122O8P2. The van der Waals surface area contributed by atoms with E-state index in [1.165, 1.54) is 276 Å². The van der Waals surface area contributed by atoms with E-state index in [2.05, 4.69) is 32.0 Å². The Labute approximate surface area is 427 Å². The highest BCUT2D eigenvalue weighted by Gasteiger charge is 2.48. The third kappa shape index (κ3) is 47.5. The summed E-state index contributed by atoms with van der Waals surface area (Å²) in [5.41, 5.74) is -0.927. The first kappa shape index (κ1) is 70.6. The van der Waals surface area contributed by atoms with Crippen molar-refractivity contribution < 1.29 is 38.8 Å². The zero-order valence-electron chi connectivity index (χ0n) is 46.3. The summed E-state index contributed by atoms with van der Waals surface area (Å²) in [7, 11) is -5.22. The van der Waals surface area contributed by atoms with E-state index in [4.69, 9.17) is 24.3 Å². The van der Waals surface area contributed by atoms with E-state index in [1.54, 1.807) is 0 Å². The molecule has 0 bridgehead atoms. The molecule has 0 amide bonds. The van der Waals surface area contributed by atoms with E-state index in [0.29, 0.717) is 6.61 Å². The van der Waals surface area contributed by atoms with Crippen molar-refractivity contribution in [1.82, 2.24) is 0 Å². The highest BCUT2D eigenvalue weighted by molar-refractivity contribution is 7.53. The van der Waals surface area contributed by atoms with Gasteiger partial charge in [-0.05, 0) is 32.6 Å². The van der Waals surface area contributed by atoms with Gasteiger partial charge < -0.3 is 34.5 Å². The first-order valence-corrected chi connectivity index (χ1v) is 32.4. The van der Waals surface area contributed by atoms with Crippen LogP contribution in [0.3, 0.4) is 0 Å². The Balaban J connectivity index is 0. The number of rotatable bonds is 55. The summed E-state index contributed by atoms with van der Waals surface area (Å²) in [6.07, 6.45) is 63.8. The molecule has 6 N–H and O–H groups in total. The lowest BCUT2D eigenvalue weighted by Gasteiger charge is -2.49. The first-order chi connectivity index (χ1) is 33.1. The first-order valence-electron chi connectivity index (χ1n) is 30.1. The van der Waals surface area contributed by atoms with Gasteiger partial charge in [-0.25, -0.2) is 4.31 Å². The van der Waals surface area contributed by atoms with Crippen LogP contribution in [0.15, 0.2) is 0 Å². The Morgan fingerprint density at radius 2 is 0.544 bits per heavy atom. The van der Waals surface area contributed by atoms with Gasteiger partial charge in [-0.3, -0.25) is 0 Å². The minimum atomic E-state index is -2.61. The van der Waals surface area contributed by atoms with E-state index < -0.39 is 22.8 Å². The lowest BCUT2D eigenvalue weighted by molar-refractivity contribution is -0.164. The molecule has 0 rings (SSSR count). The predicted octanol–water partition coefficient (Wildman–Crippen LogP) is 19.3. The SMILES string of the molecule is CCCCCCCCCCCCCC(O)(COC(C)CO)C(CCCCCCCCCCCCC)(CCCCCCCCCCCCC)CCCCCCCCCCCCC.OP(O)OP(O)O. The third-order valence-corrected chi connectivity index (χ3v) is 16.1. The Kier molecular flexibility index (Phi) is 57.4. The minimum absolute atomic E-state index is 0.0251. The number of unbranched alkanes of at least 4 members (excludes halogenated alkanes) is 40. The van der Waals surface area contributed by atoms with Gasteiger partial charge in [0.15, 0.2) is 0 Å². The van der Waals surface area contributed by atoms with Crippen LogP contribution in [0.1, 0.15) is 343 Å². The Morgan fingerprint density at radius 3 is 0.735 bits per heavy atom. The number of hydrogen-bond donors (Lipinski definition) is 6. The van der Waals surface area contributed by atoms with Crippen molar-refractivity contribution in [3.05, 3.63) is 0 Å². The van der Waals surface area contributed by atoms with Crippen LogP contribution in [-0.2, 0) is 9.05 Å². The van der Waals surface area contributed by atoms with Crippen molar-refractivity contribution in [2.24, 2.45) is 5.41 Å². The van der Waals surface area contributed by atoms with Crippen molar-refractivity contribution in [3.8, 4) is 0 Å². The monoisotopic (exact) mass is 1010 g/mol. The van der Waals surface area contributed by atoms with Crippen molar-refractivity contribution in [1.29, 1.82) is 0 Å². The molecule has 0 heterocycles. The van der Waals surface area contributed by atoms with Crippen LogP contribution in [0.25, 0.3) is 0 Å². The number of aliphatic hydroxyl groups excluding tert-OH is 1. The van der Waals surface area contributed by atoms with Crippen molar-refractivity contribution in [2.75, 3.05) is 13.2 Å². The molecule has 0 radical (unpaired) electrons. The summed E-state index contributed by atoms with van der Waals surface area (Å²) in [6.45, 7) is 11.6. The molecule has 0 spiro atoms. The van der Waals surface area contributed by atoms with Gasteiger partial charge >= 0.3 is 17.2 Å². The minimum Gasteiger partial charge on any atom is -0.394 e. The van der Waals surface area contributed by atoms with Gasteiger partial charge in [-0.15, -0.1) is 0 Å². The Morgan fingerprint density at radius 1 is 0.338 bits per heavy atom. The summed E-state index contributed by atoms with van der Waals surface area (Å²) in [4.78, 5) is 31.3. The molecular weight excluding hydrogens is 887 g/mol. The van der Waals surface area contributed by atoms with Crippen LogP contribution in [-0.4, -0.2) is 54.7 Å². The van der Waals surface area contributed by atoms with Crippen LogP contribution in [0.4, 0.5) is 0 Å². The summed E-state index contributed by atoms with van der Waals surface area (Å²) in [5, 5.41) is 23.3. The molecule has 2 unspecified atom stereocenters. The average molecular weight is 1010 g/mol. The molecule has 0 fully saturated rings. The molecule has 0 aromatic heterocycles. The van der Waals surface area contributed by atoms with Gasteiger partial charge in [0.05, 0.1) is 24.9 Å². The Bertz CT molecular complexity index is 875.